The largest absolute Gasteiger partial charge is 0.389 e. The first-order chi connectivity index (χ1) is 9.23. The summed E-state index contributed by atoms with van der Waals surface area (Å²) in [4.78, 5) is 0. The molecule has 2 nitrogen and oxygen atoms in total. The molecule has 0 saturated heterocycles. The van der Waals surface area contributed by atoms with Crippen LogP contribution in [0.1, 0.15) is 63.5 Å². The third-order valence-corrected chi connectivity index (χ3v) is 4.32. The Morgan fingerprint density at radius 3 is 2.32 bits per heavy atom. The van der Waals surface area contributed by atoms with Crippen LogP contribution in [-0.4, -0.2) is 17.3 Å². The van der Waals surface area contributed by atoms with E-state index in [2.05, 4.69) is 42.6 Å². The van der Waals surface area contributed by atoms with Crippen molar-refractivity contribution < 1.29 is 5.11 Å². The molecule has 0 aromatic heterocycles. The van der Waals surface area contributed by atoms with Crippen LogP contribution in [0.15, 0.2) is 30.3 Å². The number of hydrogen-bond acceptors (Lipinski definition) is 2. The molecule has 0 amide bonds. The molecule has 1 aromatic rings. The Labute approximate surface area is 117 Å². The summed E-state index contributed by atoms with van der Waals surface area (Å²) in [6.07, 6.45) is 7.84. The molecule has 1 aliphatic carbocycles. The molecule has 0 radical (unpaired) electrons. The maximum absolute atomic E-state index is 10.7. The molecule has 1 aromatic carbocycles. The van der Waals surface area contributed by atoms with Crippen molar-refractivity contribution in [2.45, 2.75) is 63.5 Å². The van der Waals surface area contributed by atoms with E-state index in [1.165, 1.54) is 31.2 Å². The lowest BCUT2D eigenvalue weighted by atomic mass is 9.93. The second kappa shape index (κ2) is 7.06. The van der Waals surface area contributed by atoms with Gasteiger partial charge < -0.3 is 10.4 Å². The second-order valence-corrected chi connectivity index (χ2v) is 5.89. The molecule has 106 valence electrons. The van der Waals surface area contributed by atoms with Crippen LogP contribution < -0.4 is 5.32 Å². The van der Waals surface area contributed by atoms with Crippen molar-refractivity contribution in [2.24, 2.45) is 0 Å². The third kappa shape index (κ3) is 4.32. The number of hydrogen-bond donors (Lipinski definition) is 2. The summed E-state index contributed by atoms with van der Waals surface area (Å²) in [5.74, 6) is 0. The molecule has 2 heteroatoms. The number of nitrogens with one attached hydrogen (secondary N) is 1. The van der Waals surface area contributed by atoms with Crippen LogP contribution in [0.5, 0.6) is 0 Å². The molecule has 1 unspecified atom stereocenters. The van der Waals surface area contributed by atoms with Gasteiger partial charge in [0.2, 0.25) is 0 Å². The maximum atomic E-state index is 10.7. The van der Waals surface area contributed by atoms with E-state index in [0.29, 0.717) is 6.04 Å². The molecule has 0 aliphatic heterocycles. The summed E-state index contributed by atoms with van der Waals surface area (Å²) in [5.41, 5.74) is 0.834. The number of aliphatic hydroxyl groups is 1. The van der Waals surface area contributed by atoms with Crippen LogP contribution in [0.4, 0.5) is 0 Å². The standard InChI is InChI=1S/C17H27NO/c1-2-16(15-10-6-5-7-11-15)18-14-17(19)12-8-3-4-9-13-17/h5-7,10-11,16,18-19H,2-4,8-9,12-14H2,1H3. The van der Waals surface area contributed by atoms with Gasteiger partial charge >= 0.3 is 0 Å². The highest BCUT2D eigenvalue weighted by atomic mass is 16.3. The van der Waals surface area contributed by atoms with Gasteiger partial charge in [0.25, 0.3) is 0 Å². The van der Waals surface area contributed by atoms with E-state index in [9.17, 15) is 5.11 Å². The van der Waals surface area contributed by atoms with E-state index >= 15 is 0 Å². The Balaban J connectivity index is 1.92. The highest BCUT2D eigenvalue weighted by Crippen LogP contribution is 2.27. The predicted octanol–water partition coefficient (Wildman–Crippen LogP) is 3.81. The minimum atomic E-state index is -0.487. The molecule has 1 aliphatic rings. The van der Waals surface area contributed by atoms with Gasteiger partial charge in [-0.2, -0.15) is 0 Å². The van der Waals surface area contributed by atoms with Crippen molar-refractivity contribution in [1.82, 2.24) is 5.32 Å². The quantitative estimate of drug-likeness (QED) is 0.790. The fraction of sp³-hybridized carbons (Fsp3) is 0.647. The Bertz CT molecular complexity index is 355. The molecule has 1 fully saturated rings. The fourth-order valence-electron chi connectivity index (χ4n) is 3.06. The van der Waals surface area contributed by atoms with E-state index in [1.807, 2.05) is 0 Å². The molecule has 0 spiro atoms. The molecule has 2 rings (SSSR count). The molecular formula is C17H27NO. The van der Waals surface area contributed by atoms with Gasteiger partial charge in [0, 0.05) is 12.6 Å². The first kappa shape index (κ1) is 14.5. The maximum Gasteiger partial charge on any atom is 0.0771 e. The minimum absolute atomic E-state index is 0.355. The first-order valence-electron chi connectivity index (χ1n) is 7.74. The molecular weight excluding hydrogens is 234 g/mol. The molecule has 0 bridgehead atoms. The van der Waals surface area contributed by atoms with Crippen LogP contribution in [0.2, 0.25) is 0 Å². The van der Waals surface area contributed by atoms with Gasteiger partial charge in [0.05, 0.1) is 5.60 Å². The van der Waals surface area contributed by atoms with Gasteiger partial charge in [-0.25, -0.2) is 0 Å². The summed E-state index contributed by atoms with van der Waals surface area (Å²) < 4.78 is 0. The molecule has 1 saturated carbocycles. The number of rotatable bonds is 5. The van der Waals surface area contributed by atoms with Gasteiger partial charge in [0.1, 0.15) is 0 Å². The highest BCUT2D eigenvalue weighted by Gasteiger charge is 2.28. The van der Waals surface area contributed by atoms with Crippen LogP contribution >= 0.6 is 0 Å². The lowest BCUT2D eigenvalue weighted by Gasteiger charge is -2.29. The summed E-state index contributed by atoms with van der Waals surface area (Å²) in [6, 6.07) is 10.9. The molecule has 19 heavy (non-hydrogen) atoms. The van der Waals surface area contributed by atoms with Crippen molar-refractivity contribution in [3.05, 3.63) is 35.9 Å². The van der Waals surface area contributed by atoms with Crippen LogP contribution in [-0.2, 0) is 0 Å². The summed E-state index contributed by atoms with van der Waals surface area (Å²) in [6.45, 7) is 2.92. The van der Waals surface area contributed by atoms with Crippen molar-refractivity contribution in [1.29, 1.82) is 0 Å². The minimum Gasteiger partial charge on any atom is -0.389 e. The van der Waals surface area contributed by atoms with E-state index in [-0.39, 0.29) is 0 Å². The average Bonchev–Trinajstić information content (AvgIpc) is 2.66. The highest BCUT2D eigenvalue weighted by molar-refractivity contribution is 5.18. The van der Waals surface area contributed by atoms with Gasteiger partial charge in [-0.1, -0.05) is 62.9 Å². The van der Waals surface area contributed by atoms with E-state index in [4.69, 9.17) is 0 Å². The monoisotopic (exact) mass is 261 g/mol. The van der Waals surface area contributed by atoms with E-state index < -0.39 is 5.60 Å². The normalized spacial score (nSPS) is 20.7. The zero-order valence-electron chi connectivity index (χ0n) is 12.1. The van der Waals surface area contributed by atoms with Gasteiger partial charge in [-0.05, 0) is 24.8 Å². The SMILES string of the molecule is CCC(NCC1(O)CCCCCC1)c1ccccc1. The van der Waals surface area contributed by atoms with E-state index in [1.54, 1.807) is 0 Å². The third-order valence-electron chi connectivity index (χ3n) is 4.32. The zero-order chi connectivity index (χ0) is 13.6. The van der Waals surface area contributed by atoms with Gasteiger partial charge in [-0.3, -0.25) is 0 Å². The van der Waals surface area contributed by atoms with Crippen molar-refractivity contribution in [3.63, 3.8) is 0 Å². The molecule has 1 atom stereocenters. The summed E-state index contributed by atoms with van der Waals surface area (Å²) in [5, 5.41) is 14.3. The Morgan fingerprint density at radius 1 is 1.11 bits per heavy atom. The van der Waals surface area contributed by atoms with Crippen molar-refractivity contribution >= 4 is 0 Å². The van der Waals surface area contributed by atoms with Gasteiger partial charge in [0.15, 0.2) is 0 Å². The van der Waals surface area contributed by atoms with Gasteiger partial charge in [-0.15, -0.1) is 0 Å². The molecule has 2 N–H and O–H groups in total. The zero-order valence-corrected chi connectivity index (χ0v) is 12.1. The topological polar surface area (TPSA) is 32.3 Å². The first-order valence-corrected chi connectivity index (χ1v) is 7.74. The Kier molecular flexibility index (Phi) is 5.41. The Morgan fingerprint density at radius 2 is 1.74 bits per heavy atom. The van der Waals surface area contributed by atoms with Crippen LogP contribution in [0.25, 0.3) is 0 Å². The predicted molar refractivity (Wildman–Crippen MR) is 80.1 cm³/mol. The second-order valence-electron chi connectivity index (χ2n) is 5.89. The van der Waals surface area contributed by atoms with Crippen LogP contribution in [0.3, 0.4) is 0 Å². The number of benzene rings is 1. The molecule has 0 heterocycles. The lowest BCUT2D eigenvalue weighted by molar-refractivity contribution is 0.0225. The lowest BCUT2D eigenvalue weighted by Crippen LogP contribution is -2.41. The summed E-state index contributed by atoms with van der Waals surface area (Å²) >= 11 is 0. The smallest absolute Gasteiger partial charge is 0.0771 e. The van der Waals surface area contributed by atoms with E-state index in [0.717, 1.165) is 25.8 Å². The van der Waals surface area contributed by atoms with Crippen LogP contribution in [0, 0.1) is 0 Å². The van der Waals surface area contributed by atoms with Crippen molar-refractivity contribution in [3.8, 4) is 0 Å². The fourth-order valence-corrected chi connectivity index (χ4v) is 3.06. The van der Waals surface area contributed by atoms with Crippen molar-refractivity contribution in [2.75, 3.05) is 6.54 Å². The summed E-state index contributed by atoms with van der Waals surface area (Å²) in [7, 11) is 0. The Hall–Kier alpha value is -0.860. The average molecular weight is 261 g/mol.